The van der Waals surface area contributed by atoms with E-state index in [4.69, 9.17) is 10.5 Å². The number of hydrogen-bond acceptors (Lipinski definition) is 3. The summed E-state index contributed by atoms with van der Waals surface area (Å²) in [4.78, 5) is 0. The summed E-state index contributed by atoms with van der Waals surface area (Å²) in [7, 11) is 0. The molecule has 1 aliphatic heterocycles. The van der Waals surface area contributed by atoms with Crippen molar-refractivity contribution in [2.45, 2.75) is 30.7 Å². The van der Waals surface area contributed by atoms with E-state index in [-0.39, 0.29) is 13.2 Å². The molecular formula is C8H12F5NO2. The third kappa shape index (κ3) is 2.14. The Morgan fingerprint density at radius 3 is 2.31 bits per heavy atom. The van der Waals surface area contributed by atoms with Crippen LogP contribution in [0.15, 0.2) is 0 Å². The van der Waals surface area contributed by atoms with Gasteiger partial charge in [0, 0.05) is 6.54 Å². The predicted octanol–water partition coefficient (Wildman–Crippen LogP) is 1.32. The molecule has 1 saturated heterocycles. The third-order valence-corrected chi connectivity index (χ3v) is 2.39. The molecule has 2 unspecified atom stereocenters. The zero-order valence-corrected chi connectivity index (χ0v) is 8.48. The quantitative estimate of drug-likeness (QED) is 0.750. The smallest absolute Gasteiger partial charge is 0.375 e. The van der Waals surface area contributed by atoms with Crippen LogP contribution in [0.3, 0.4) is 0 Å². The molecule has 96 valence electrons. The van der Waals surface area contributed by atoms with Gasteiger partial charge in [-0.05, 0) is 6.92 Å². The molecule has 2 N–H and O–H groups in total. The van der Waals surface area contributed by atoms with Crippen LogP contribution in [0.5, 0.6) is 0 Å². The maximum absolute atomic E-state index is 13.1. The first-order chi connectivity index (χ1) is 7.14. The van der Waals surface area contributed by atoms with Gasteiger partial charge in [-0.3, -0.25) is 0 Å². The van der Waals surface area contributed by atoms with Crippen LogP contribution in [0.25, 0.3) is 0 Å². The van der Waals surface area contributed by atoms with Crippen LogP contribution < -0.4 is 5.73 Å². The molecule has 1 aliphatic rings. The first-order valence-corrected chi connectivity index (χ1v) is 4.54. The Labute approximate surface area is 88.7 Å². The van der Waals surface area contributed by atoms with E-state index in [9.17, 15) is 22.0 Å². The standard InChI is InChI=1S/C8H12F5NO2/c1-6(7(9,10)8(11,12)13)4-15-3-5(2-14)16-6/h5H,2-4,14H2,1H3. The minimum absolute atomic E-state index is 0.0833. The SMILES string of the molecule is CC1(C(F)(F)C(F)(F)F)COCC(CN)O1. The molecule has 0 bridgehead atoms. The van der Waals surface area contributed by atoms with Crippen molar-refractivity contribution in [2.24, 2.45) is 5.73 Å². The average molecular weight is 249 g/mol. The summed E-state index contributed by atoms with van der Waals surface area (Å²) >= 11 is 0. The van der Waals surface area contributed by atoms with Crippen molar-refractivity contribution >= 4 is 0 Å². The topological polar surface area (TPSA) is 44.5 Å². The van der Waals surface area contributed by atoms with Gasteiger partial charge in [0.15, 0.2) is 5.60 Å². The van der Waals surface area contributed by atoms with Gasteiger partial charge in [0.1, 0.15) is 0 Å². The summed E-state index contributed by atoms with van der Waals surface area (Å²) in [5.41, 5.74) is 2.42. The number of halogens is 5. The highest BCUT2D eigenvalue weighted by atomic mass is 19.4. The second-order valence-corrected chi connectivity index (χ2v) is 3.79. The van der Waals surface area contributed by atoms with Gasteiger partial charge in [-0.15, -0.1) is 0 Å². The normalized spacial score (nSPS) is 32.8. The van der Waals surface area contributed by atoms with Crippen molar-refractivity contribution < 1.29 is 31.4 Å². The van der Waals surface area contributed by atoms with Crippen molar-refractivity contribution in [3.05, 3.63) is 0 Å². The van der Waals surface area contributed by atoms with Crippen LogP contribution in [-0.2, 0) is 9.47 Å². The molecule has 1 heterocycles. The molecule has 3 nitrogen and oxygen atoms in total. The highest BCUT2D eigenvalue weighted by Crippen LogP contribution is 2.46. The fourth-order valence-electron chi connectivity index (χ4n) is 1.40. The second-order valence-electron chi connectivity index (χ2n) is 3.79. The summed E-state index contributed by atoms with van der Waals surface area (Å²) in [6.45, 7) is -0.415. The van der Waals surface area contributed by atoms with Crippen LogP contribution in [0.2, 0.25) is 0 Å². The fourth-order valence-corrected chi connectivity index (χ4v) is 1.40. The van der Waals surface area contributed by atoms with Gasteiger partial charge in [-0.1, -0.05) is 0 Å². The van der Waals surface area contributed by atoms with E-state index >= 15 is 0 Å². The molecule has 0 aliphatic carbocycles. The summed E-state index contributed by atoms with van der Waals surface area (Å²) in [5, 5.41) is 0. The van der Waals surface area contributed by atoms with Crippen molar-refractivity contribution in [3.8, 4) is 0 Å². The van der Waals surface area contributed by atoms with Crippen molar-refractivity contribution in [2.75, 3.05) is 19.8 Å². The van der Waals surface area contributed by atoms with E-state index in [0.717, 1.165) is 0 Å². The van der Waals surface area contributed by atoms with Crippen LogP contribution in [-0.4, -0.2) is 43.6 Å². The number of ether oxygens (including phenoxy) is 2. The zero-order valence-electron chi connectivity index (χ0n) is 8.48. The molecule has 16 heavy (non-hydrogen) atoms. The minimum Gasteiger partial charge on any atom is -0.375 e. The highest BCUT2D eigenvalue weighted by Gasteiger charge is 2.70. The Kier molecular flexibility index (Phi) is 3.47. The molecule has 0 radical (unpaired) electrons. The molecule has 0 aromatic heterocycles. The number of nitrogens with two attached hydrogens (primary N) is 1. The number of rotatable bonds is 2. The van der Waals surface area contributed by atoms with Gasteiger partial charge in [0.25, 0.3) is 0 Å². The largest absolute Gasteiger partial charge is 0.456 e. The first kappa shape index (κ1) is 13.6. The monoisotopic (exact) mass is 249 g/mol. The Morgan fingerprint density at radius 2 is 1.88 bits per heavy atom. The Morgan fingerprint density at radius 1 is 1.31 bits per heavy atom. The summed E-state index contributed by atoms with van der Waals surface area (Å²) in [6.07, 6.45) is -6.63. The van der Waals surface area contributed by atoms with Crippen LogP contribution in [0, 0.1) is 0 Å². The van der Waals surface area contributed by atoms with Gasteiger partial charge in [-0.25, -0.2) is 0 Å². The number of alkyl halides is 5. The predicted molar refractivity (Wildman–Crippen MR) is 44.2 cm³/mol. The highest BCUT2D eigenvalue weighted by molar-refractivity contribution is 4.98. The molecular weight excluding hydrogens is 237 g/mol. The fraction of sp³-hybridized carbons (Fsp3) is 1.00. The molecule has 8 heteroatoms. The van der Waals surface area contributed by atoms with Gasteiger partial charge in [0.2, 0.25) is 0 Å². The molecule has 0 aromatic rings. The van der Waals surface area contributed by atoms with Gasteiger partial charge < -0.3 is 15.2 Å². The molecule has 1 rings (SSSR count). The Bertz CT molecular complexity index is 257. The molecule has 0 saturated carbocycles. The molecule has 0 spiro atoms. The number of hydrogen-bond donors (Lipinski definition) is 1. The second kappa shape index (κ2) is 4.08. The van der Waals surface area contributed by atoms with Crippen LogP contribution in [0.1, 0.15) is 6.92 Å². The van der Waals surface area contributed by atoms with Crippen molar-refractivity contribution in [1.82, 2.24) is 0 Å². The van der Waals surface area contributed by atoms with Gasteiger partial charge in [-0.2, -0.15) is 22.0 Å². The maximum atomic E-state index is 13.1. The van der Waals surface area contributed by atoms with E-state index in [1.165, 1.54) is 0 Å². The summed E-state index contributed by atoms with van der Waals surface area (Å²) < 4.78 is 72.2. The lowest BCUT2D eigenvalue weighted by Gasteiger charge is -2.43. The van der Waals surface area contributed by atoms with Crippen molar-refractivity contribution in [1.29, 1.82) is 0 Å². The summed E-state index contributed by atoms with van der Waals surface area (Å²) in [5.74, 6) is -4.98. The van der Waals surface area contributed by atoms with Gasteiger partial charge in [0.05, 0.1) is 19.3 Å². The van der Waals surface area contributed by atoms with E-state index in [1.807, 2.05) is 0 Å². The molecule has 1 fully saturated rings. The lowest BCUT2D eigenvalue weighted by atomic mass is 9.96. The lowest BCUT2D eigenvalue weighted by Crippen LogP contribution is -2.63. The van der Waals surface area contributed by atoms with Crippen molar-refractivity contribution in [3.63, 3.8) is 0 Å². The summed E-state index contributed by atoms with van der Waals surface area (Å²) in [6, 6.07) is 0. The Hall–Kier alpha value is -0.470. The maximum Gasteiger partial charge on any atom is 0.456 e. The minimum atomic E-state index is -5.68. The van der Waals surface area contributed by atoms with Gasteiger partial charge >= 0.3 is 12.1 Å². The zero-order chi connectivity index (χ0) is 12.6. The molecule has 0 amide bonds. The molecule has 2 atom stereocenters. The lowest BCUT2D eigenvalue weighted by molar-refractivity contribution is -0.371. The average Bonchev–Trinajstić information content (AvgIpc) is 2.16. The van der Waals surface area contributed by atoms with Crippen LogP contribution in [0.4, 0.5) is 22.0 Å². The third-order valence-electron chi connectivity index (χ3n) is 2.39. The molecule has 0 aromatic carbocycles. The van der Waals surface area contributed by atoms with E-state index in [0.29, 0.717) is 6.92 Å². The van der Waals surface area contributed by atoms with Crippen LogP contribution >= 0.6 is 0 Å². The first-order valence-electron chi connectivity index (χ1n) is 4.54. The van der Waals surface area contributed by atoms with E-state index < -0.39 is 30.4 Å². The Balaban J connectivity index is 2.92. The van der Waals surface area contributed by atoms with E-state index in [2.05, 4.69) is 4.74 Å². The van der Waals surface area contributed by atoms with E-state index in [1.54, 1.807) is 0 Å².